The minimum Gasteiger partial charge on any atom is -0.355 e. The number of carbonyl (C=O) groups excluding carboxylic acids is 2. The van der Waals surface area contributed by atoms with Crippen LogP contribution in [0.3, 0.4) is 0 Å². The third-order valence-electron chi connectivity index (χ3n) is 5.20. The molecular formula is C21H23N3O2. The fourth-order valence-electron chi connectivity index (χ4n) is 3.90. The van der Waals surface area contributed by atoms with Crippen LogP contribution in [0.15, 0.2) is 54.6 Å². The second-order valence-corrected chi connectivity index (χ2v) is 6.88. The van der Waals surface area contributed by atoms with Crippen LogP contribution < -0.4 is 15.5 Å². The van der Waals surface area contributed by atoms with Crippen LogP contribution in [0.5, 0.6) is 0 Å². The van der Waals surface area contributed by atoms with Crippen molar-refractivity contribution in [2.24, 2.45) is 0 Å². The summed E-state index contributed by atoms with van der Waals surface area (Å²) in [4.78, 5) is 27.4. The number of hydrogen-bond donors (Lipinski definition) is 2. The zero-order valence-electron chi connectivity index (χ0n) is 14.7. The van der Waals surface area contributed by atoms with Gasteiger partial charge in [-0.3, -0.25) is 9.59 Å². The topological polar surface area (TPSA) is 61.4 Å². The van der Waals surface area contributed by atoms with Gasteiger partial charge in [0.1, 0.15) is 12.1 Å². The molecule has 26 heavy (non-hydrogen) atoms. The number of rotatable bonds is 4. The highest BCUT2D eigenvalue weighted by Crippen LogP contribution is 2.35. The number of piperidine rings is 1. The van der Waals surface area contributed by atoms with E-state index in [-0.39, 0.29) is 11.8 Å². The Kier molecular flexibility index (Phi) is 4.61. The van der Waals surface area contributed by atoms with Gasteiger partial charge >= 0.3 is 0 Å². The Balaban J connectivity index is 1.64. The molecule has 5 nitrogen and oxygen atoms in total. The van der Waals surface area contributed by atoms with E-state index >= 15 is 0 Å². The lowest BCUT2D eigenvalue weighted by Crippen LogP contribution is -2.53. The number of para-hydroxylation sites is 1. The molecule has 2 aromatic carbocycles. The van der Waals surface area contributed by atoms with Gasteiger partial charge in [-0.2, -0.15) is 0 Å². The normalized spacial score (nSPS) is 20.2. The smallest absolute Gasteiger partial charge is 0.248 e. The summed E-state index contributed by atoms with van der Waals surface area (Å²) in [5, 5.41) is 5.82. The summed E-state index contributed by atoms with van der Waals surface area (Å²) >= 11 is 0. The first-order chi connectivity index (χ1) is 12.7. The van der Waals surface area contributed by atoms with Gasteiger partial charge in [0.15, 0.2) is 0 Å². The number of nitrogens with zero attached hydrogens (tertiary/aromatic N) is 1. The van der Waals surface area contributed by atoms with Crippen molar-refractivity contribution >= 4 is 17.5 Å². The molecule has 4 rings (SSSR count). The predicted octanol–water partition coefficient (Wildman–Crippen LogP) is 2.19. The monoisotopic (exact) mass is 349 g/mol. The molecule has 1 fully saturated rings. The Bertz CT molecular complexity index is 806. The molecular weight excluding hydrogens is 326 g/mol. The Labute approximate surface area is 153 Å². The van der Waals surface area contributed by atoms with Gasteiger partial charge in [-0.1, -0.05) is 48.5 Å². The van der Waals surface area contributed by atoms with Gasteiger partial charge < -0.3 is 15.5 Å². The van der Waals surface area contributed by atoms with E-state index in [9.17, 15) is 9.59 Å². The zero-order valence-corrected chi connectivity index (χ0v) is 14.7. The van der Waals surface area contributed by atoms with Crippen LogP contribution in [0.1, 0.15) is 30.0 Å². The number of hydrogen-bond acceptors (Lipinski definition) is 3. The van der Waals surface area contributed by atoms with E-state index in [0.29, 0.717) is 13.0 Å². The molecule has 2 N–H and O–H groups in total. The Hall–Kier alpha value is -2.82. The summed E-state index contributed by atoms with van der Waals surface area (Å²) in [7, 11) is 0. The maximum absolute atomic E-state index is 13.2. The molecule has 0 spiro atoms. The van der Waals surface area contributed by atoms with E-state index in [1.165, 1.54) is 5.56 Å². The van der Waals surface area contributed by atoms with Crippen LogP contribution in [0.4, 0.5) is 5.69 Å². The van der Waals surface area contributed by atoms with Crippen molar-refractivity contribution in [1.29, 1.82) is 0 Å². The predicted molar refractivity (Wildman–Crippen MR) is 101 cm³/mol. The molecule has 0 unspecified atom stereocenters. The highest BCUT2D eigenvalue weighted by Gasteiger charge is 2.34. The van der Waals surface area contributed by atoms with E-state index in [4.69, 9.17) is 0 Å². The van der Waals surface area contributed by atoms with Crippen molar-refractivity contribution < 1.29 is 9.59 Å². The minimum atomic E-state index is -0.444. The van der Waals surface area contributed by atoms with Crippen molar-refractivity contribution in [1.82, 2.24) is 10.6 Å². The lowest BCUT2D eigenvalue weighted by atomic mass is 10.0. The molecule has 0 saturated carbocycles. The van der Waals surface area contributed by atoms with Gasteiger partial charge in [0.25, 0.3) is 0 Å². The van der Waals surface area contributed by atoms with Crippen LogP contribution in [-0.4, -0.2) is 30.9 Å². The third-order valence-corrected chi connectivity index (χ3v) is 5.20. The van der Waals surface area contributed by atoms with Crippen molar-refractivity contribution in [3.8, 4) is 0 Å². The molecule has 0 aliphatic carbocycles. The van der Waals surface area contributed by atoms with Crippen LogP contribution >= 0.6 is 0 Å². The van der Waals surface area contributed by atoms with E-state index in [1.54, 1.807) is 0 Å². The average Bonchev–Trinajstić information content (AvgIpc) is 3.09. The number of benzene rings is 2. The summed E-state index contributed by atoms with van der Waals surface area (Å²) in [5.74, 6) is -0.201. The lowest BCUT2D eigenvalue weighted by molar-refractivity contribution is -0.130. The van der Waals surface area contributed by atoms with Crippen molar-refractivity contribution in [2.75, 3.05) is 18.0 Å². The lowest BCUT2D eigenvalue weighted by Gasteiger charge is -2.32. The second kappa shape index (κ2) is 7.20. The highest BCUT2D eigenvalue weighted by atomic mass is 16.2. The molecule has 5 heteroatoms. The van der Waals surface area contributed by atoms with Crippen LogP contribution in [0.25, 0.3) is 0 Å². The molecule has 2 aliphatic heterocycles. The van der Waals surface area contributed by atoms with Gasteiger partial charge in [0.2, 0.25) is 11.8 Å². The largest absolute Gasteiger partial charge is 0.355 e. The molecule has 0 radical (unpaired) electrons. The van der Waals surface area contributed by atoms with Crippen LogP contribution in [0.2, 0.25) is 0 Å². The van der Waals surface area contributed by atoms with Gasteiger partial charge in [-0.15, -0.1) is 0 Å². The molecule has 0 aromatic heterocycles. The van der Waals surface area contributed by atoms with Gasteiger partial charge in [-0.25, -0.2) is 0 Å². The van der Waals surface area contributed by atoms with Crippen molar-refractivity contribution in [2.45, 2.75) is 31.3 Å². The fourth-order valence-corrected chi connectivity index (χ4v) is 3.90. The summed E-state index contributed by atoms with van der Waals surface area (Å²) in [6.07, 6.45) is 2.51. The molecule has 2 aromatic rings. The summed E-state index contributed by atoms with van der Waals surface area (Å²) in [6.45, 7) is 1.48. The maximum Gasteiger partial charge on any atom is 0.248 e. The van der Waals surface area contributed by atoms with E-state index < -0.39 is 12.1 Å². The molecule has 2 amide bonds. The molecule has 1 saturated heterocycles. The number of fused-ring (bicyclic) bond motifs is 1. The Morgan fingerprint density at radius 2 is 1.88 bits per heavy atom. The van der Waals surface area contributed by atoms with Gasteiger partial charge in [0, 0.05) is 18.8 Å². The van der Waals surface area contributed by atoms with Gasteiger partial charge in [0.05, 0.1) is 0 Å². The summed E-state index contributed by atoms with van der Waals surface area (Å²) in [6, 6.07) is 17.1. The van der Waals surface area contributed by atoms with E-state index in [0.717, 1.165) is 30.6 Å². The van der Waals surface area contributed by atoms with Crippen molar-refractivity contribution in [3.63, 3.8) is 0 Å². The average molecular weight is 349 g/mol. The maximum atomic E-state index is 13.2. The summed E-state index contributed by atoms with van der Waals surface area (Å²) < 4.78 is 0. The van der Waals surface area contributed by atoms with Crippen LogP contribution in [0, 0.1) is 0 Å². The number of amides is 2. The first-order valence-corrected chi connectivity index (χ1v) is 9.21. The quantitative estimate of drug-likeness (QED) is 0.889. The number of anilines is 1. The third kappa shape index (κ3) is 3.17. The standard InChI is InChI=1S/C21H23N3O2/c25-20-17(10-6-13-22-20)23-21(26)19(16-8-2-1-3-9-16)24-14-12-15-7-4-5-11-18(15)24/h1-5,7-9,11,17,19H,6,10,12-14H2,(H,22,25)(H,23,26)/t17-,19+/m1/s1. The first kappa shape index (κ1) is 16.6. The highest BCUT2D eigenvalue weighted by molar-refractivity contribution is 5.92. The van der Waals surface area contributed by atoms with E-state index in [1.807, 2.05) is 42.5 Å². The van der Waals surface area contributed by atoms with Crippen molar-refractivity contribution in [3.05, 3.63) is 65.7 Å². The number of carbonyl (C=O) groups is 2. The van der Waals surface area contributed by atoms with Crippen LogP contribution in [-0.2, 0) is 16.0 Å². The SMILES string of the molecule is O=C(N[C@@H]1CCCNC1=O)[C@H](c1ccccc1)N1CCc2ccccc21. The Morgan fingerprint density at radius 1 is 1.12 bits per heavy atom. The van der Waals surface area contributed by atoms with Gasteiger partial charge in [-0.05, 0) is 36.5 Å². The zero-order chi connectivity index (χ0) is 17.9. The molecule has 2 heterocycles. The molecule has 0 bridgehead atoms. The second-order valence-electron chi connectivity index (χ2n) is 6.88. The fraction of sp³-hybridized carbons (Fsp3) is 0.333. The molecule has 2 atom stereocenters. The Morgan fingerprint density at radius 3 is 2.69 bits per heavy atom. The molecule has 134 valence electrons. The van der Waals surface area contributed by atoms with E-state index in [2.05, 4.69) is 27.7 Å². The number of nitrogens with one attached hydrogen (secondary N) is 2. The summed E-state index contributed by atoms with van der Waals surface area (Å²) in [5.41, 5.74) is 3.30. The molecule has 2 aliphatic rings. The minimum absolute atomic E-state index is 0.0850. The first-order valence-electron chi connectivity index (χ1n) is 9.21.